The zero-order valence-corrected chi connectivity index (χ0v) is 21.3. The van der Waals surface area contributed by atoms with Crippen molar-refractivity contribution in [2.75, 3.05) is 67.8 Å². The summed E-state index contributed by atoms with van der Waals surface area (Å²) in [5.74, 6) is 0. The third-order valence-corrected chi connectivity index (χ3v) is 6.73. The van der Waals surface area contributed by atoms with Gasteiger partial charge in [0.05, 0.1) is 20.0 Å². The monoisotopic (exact) mass is 437 g/mol. The lowest BCUT2D eigenvalue weighted by Crippen LogP contribution is -2.61. The predicted octanol–water partition coefficient (Wildman–Crippen LogP) is 5.68. The van der Waals surface area contributed by atoms with E-state index in [4.69, 9.17) is 0 Å². The Kier molecular flexibility index (Phi) is 7.94. The molecule has 0 spiro atoms. The average Bonchev–Trinajstić information content (AvgIpc) is 2.79. The first kappa shape index (κ1) is 24.2. The van der Waals surface area contributed by atoms with Crippen LogP contribution in [0, 0.1) is 0 Å². The van der Waals surface area contributed by atoms with Crippen LogP contribution in [0.5, 0.6) is 0 Å². The first-order valence-corrected chi connectivity index (χ1v) is 12.0. The van der Waals surface area contributed by atoms with E-state index in [2.05, 4.69) is 122 Å². The smallest absolute Gasteiger partial charge is 0.0928 e. The molecule has 1 fully saturated rings. The summed E-state index contributed by atoms with van der Waals surface area (Å²) in [6.07, 6.45) is 5.09. The molecule has 1 aliphatic heterocycles. The maximum absolute atomic E-state index is 2.64. The van der Waals surface area contributed by atoms with E-state index in [1.165, 1.54) is 48.4 Å². The van der Waals surface area contributed by atoms with Crippen LogP contribution in [0.3, 0.4) is 0 Å². The van der Waals surface area contributed by atoms with Gasteiger partial charge in [0, 0.05) is 56.5 Å². The molecule has 0 unspecified atom stereocenters. The summed E-state index contributed by atoms with van der Waals surface area (Å²) in [7, 11) is 8.37. The van der Waals surface area contributed by atoms with Crippen molar-refractivity contribution in [3.05, 3.63) is 48.5 Å². The molecular weight excluding hydrogens is 394 g/mol. The molecule has 0 saturated carbocycles. The first-order valence-electron chi connectivity index (χ1n) is 12.0. The fraction of sp³-hybridized carbons (Fsp3) is 0.556. The fourth-order valence-corrected chi connectivity index (χ4v) is 4.35. The van der Waals surface area contributed by atoms with E-state index in [9.17, 15) is 0 Å². The number of benzene rings is 2. The Balaban J connectivity index is 1.86. The Bertz CT molecular complexity index is 767. The van der Waals surface area contributed by atoms with Gasteiger partial charge in [-0.1, -0.05) is 26.2 Å². The zero-order chi connectivity index (χ0) is 23.3. The summed E-state index contributed by atoms with van der Waals surface area (Å²) in [6, 6.07) is 17.9. The van der Waals surface area contributed by atoms with Crippen molar-refractivity contribution < 1.29 is 0 Å². The van der Waals surface area contributed by atoms with Crippen LogP contribution in [0.2, 0.25) is 0 Å². The van der Waals surface area contributed by atoms with Gasteiger partial charge >= 0.3 is 0 Å². The molecule has 2 aromatic rings. The highest BCUT2D eigenvalue weighted by Gasteiger charge is 2.33. The molecule has 0 bridgehead atoms. The molecule has 1 aliphatic rings. The van der Waals surface area contributed by atoms with Gasteiger partial charge in [-0.15, -0.1) is 0 Å². The second-order valence-corrected chi connectivity index (χ2v) is 10.1. The molecule has 3 rings (SSSR count). The van der Waals surface area contributed by atoms with Crippen LogP contribution in [0.15, 0.2) is 48.5 Å². The van der Waals surface area contributed by atoms with Crippen LogP contribution in [0.4, 0.5) is 22.7 Å². The molecule has 176 valence electrons. The number of unbranched alkanes of at least 4 members (excludes halogenated alkanes) is 2. The third-order valence-electron chi connectivity index (χ3n) is 6.73. The lowest BCUT2D eigenvalue weighted by molar-refractivity contribution is 0.0928. The van der Waals surface area contributed by atoms with Crippen molar-refractivity contribution in [3.63, 3.8) is 0 Å². The Labute approximate surface area is 196 Å². The molecule has 5 nitrogen and oxygen atoms in total. The Morgan fingerprint density at radius 3 is 1.50 bits per heavy atom. The van der Waals surface area contributed by atoms with Crippen molar-refractivity contribution in [3.8, 4) is 0 Å². The van der Waals surface area contributed by atoms with Crippen molar-refractivity contribution in [2.24, 2.45) is 0 Å². The second kappa shape index (κ2) is 10.5. The molecule has 0 aliphatic carbocycles. The van der Waals surface area contributed by atoms with Crippen LogP contribution in [-0.4, -0.2) is 58.6 Å². The minimum absolute atomic E-state index is 0.152. The summed E-state index contributed by atoms with van der Waals surface area (Å²) < 4.78 is 0. The minimum atomic E-state index is 0.152. The van der Waals surface area contributed by atoms with Gasteiger partial charge in [0.15, 0.2) is 0 Å². The number of hydrogen-bond donors (Lipinski definition) is 0. The third kappa shape index (κ3) is 5.89. The lowest BCUT2D eigenvalue weighted by Gasteiger charge is -2.50. The van der Waals surface area contributed by atoms with Gasteiger partial charge in [0.2, 0.25) is 0 Å². The molecule has 0 radical (unpaired) electrons. The van der Waals surface area contributed by atoms with Crippen LogP contribution in [-0.2, 0) is 0 Å². The molecule has 1 heterocycles. The number of rotatable bonds is 9. The summed E-state index contributed by atoms with van der Waals surface area (Å²) in [6.45, 7) is 9.90. The SMILES string of the molecule is CCCCCC(C)(C)N1CN(c2ccc(N(C)C)cc2)CN(c2ccc(N(C)C)cc2)C1. The van der Waals surface area contributed by atoms with E-state index >= 15 is 0 Å². The van der Waals surface area contributed by atoms with E-state index in [1.54, 1.807) is 0 Å². The minimum Gasteiger partial charge on any atom is -0.378 e. The Morgan fingerprint density at radius 2 is 1.12 bits per heavy atom. The van der Waals surface area contributed by atoms with E-state index in [-0.39, 0.29) is 5.54 Å². The molecule has 0 N–H and O–H groups in total. The first-order chi connectivity index (χ1) is 15.2. The quantitative estimate of drug-likeness (QED) is 0.468. The topological polar surface area (TPSA) is 16.2 Å². The van der Waals surface area contributed by atoms with Crippen LogP contribution >= 0.6 is 0 Å². The lowest BCUT2D eigenvalue weighted by atomic mass is 9.94. The molecule has 32 heavy (non-hydrogen) atoms. The molecular formula is C27H43N5. The van der Waals surface area contributed by atoms with Crippen molar-refractivity contribution in [1.82, 2.24) is 4.90 Å². The summed E-state index contributed by atoms with van der Waals surface area (Å²) >= 11 is 0. The standard InChI is InChI=1S/C27H43N5/c1-8-9-10-19-27(2,3)32-21-30(25-15-11-23(12-16-25)28(4)5)20-31(22-32)26-17-13-24(14-18-26)29(6)7/h11-18H,8-10,19-22H2,1-7H3. The molecule has 1 saturated heterocycles. The average molecular weight is 438 g/mol. The van der Waals surface area contributed by atoms with Crippen LogP contribution in [0.1, 0.15) is 46.5 Å². The van der Waals surface area contributed by atoms with E-state index < -0.39 is 0 Å². The number of anilines is 4. The van der Waals surface area contributed by atoms with E-state index in [0.717, 1.165) is 20.0 Å². The van der Waals surface area contributed by atoms with Gasteiger partial charge in [0.1, 0.15) is 0 Å². The van der Waals surface area contributed by atoms with Crippen LogP contribution < -0.4 is 19.6 Å². The second-order valence-electron chi connectivity index (χ2n) is 10.1. The number of hydrogen-bond acceptors (Lipinski definition) is 5. The molecule has 5 heteroatoms. The van der Waals surface area contributed by atoms with Gasteiger partial charge < -0.3 is 19.6 Å². The highest BCUT2D eigenvalue weighted by molar-refractivity contribution is 5.59. The maximum atomic E-state index is 2.64. The number of nitrogens with zero attached hydrogens (tertiary/aromatic N) is 5. The van der Waals surface area contributed by atoms with Gasteiger partial charge in [-0.25, -0.2) is 0 Å². The fourth-order valence-electron chi connectivity index (χ4n) is 4.35. The van der Waals surface area contributed by atoms with Gasteiger partial charge in [-0.3, -0.25) is 4.90 Å². The summed E-state index contributed by atoms with van der Waals surface area (Å²) in [4.78, 5) is 12.0. The highest BCUT2D eigenvalue weighted by Crippen LogP contribution is 2.31. The Morgan fingerprint density at radius 1 is 0.688 bits per heavy atom. The highest BCUT2D eigenvalue weighted by atomic mass is 15.5. The Hall–Kier alpha value is -2.40. The predicted molar refractivity (Wildman–Crippen MR) is 141 cm³/mol. The van der Waals surface area contributed by atoms with Crippen molar-refractivity contribution in [1.29, 1.82) is 0 Å². The van der Waals surface area contributed by atoms with Gasteiger partial charge in [-0.2, -0.15) is 0 Å². The van der Waals surface area contributed by atoms with Crippen LogP contribution in [0.25, 0.3) is 0 Å². The molecule has 0 atom stereocenters. The molecule has 2 aromatic carbocycles. The normalized spacial score (nSPS) is 15.2. The molecule has 0 amide bonds. The maximum Gasteiger partial charge on any atom is 0.0928 e. The van der Waals surface area contributed by atoms with Gasteiger partial charge in [0.25, 0.3) is 0 Å². The molecule has 0 aromatic heterocycles. The van der Waals surface area contributed by atoms with Crippen molar-refractivity contribution in [2.45, 2.75) is 52.0 Å². The van der Waals surface area contributed by atoms with E-state index in [0.29, 0.717) is 0 Å². The summed E-state index contributed by atoms with van der Waals surface area (Å²) in [5.41, 5.74) is 5.18. The largest absolute Gasteiger partial charge is 0.378 e. The van der Waals surface area contributed by atoms with Gasteiger partial charge in [-0.05, 0) is 68.8 Å². The zero-order valence-electron chi connectivity index (χ0n) is 21.3. The summed E-state index contributed by atoms with van der Waals surface area (Å²) in [5, 5.41) is 0. The van der Waals surface area contributed by atoms with Crippen molar-refractivity contribution >= 4 is 22.7 Å². The van der Waals surface area contributed by atoms with E-state index in [1.807, 2.05) is 0 Å².